The van der Waals surface area contributed by atoms with Crippen molar-refractivity contribution in [3.05, 3.63) is 47.7 Å². The highest BCUT2D eigenvalue weighted by molar-refractivity contribution is 5.92. The summed E-state index contributed by atoms with van der Waals surface area (Å²) in [5, 5.41) is 0. The Balaban J connectivity index is 1.20. The average molecular weight is 433 g/mol. The third kappa shape index (κ3) is 4.34. The standard InChI is InChI=1S/C21H22F3N5O2/c22-21(23,24)18-3-1-2-16(27-18)20(30)29-7-6-28-12-15(8-14(28)11-29)31-19-10-25-17(9-26-19)13-4-5-13/h1-3,9-10,13-15H,4-8,11-12H2/t14-,15+/m0/s1. The van der Waals surface area contributed by atoms with Gasteiger partial charge in [0.1, 0.15) is 17.5 Å². The summed E-state index contributed by atoms with van der Waals surface area (Å²) in [6, 6.07) is 3.50. The van der Waals surface area contributed by atoms with Crippen LogP contribution >= 0.6 is 0 Å². The van der Waals surface area contributed by atoms with Gasteiger partial charge in [-0.3, -0.25) is 14.7 Å². The quantitative estimate of drug-likeness (QED) is 0.739. The maximum absolute atomic E-state index is 12.9. The molecule has 2 saturated heterocycles. The van der Waals surface area contributed by atoms with Crippen LogP contribution in [0.25, 0.3) is 0 Å². The third-order valence-electron chi connectivity index (χ3n) is 6.05. The van der Waals surface area contributed by atoms with Crippen molar-refractivity contribution in [3.63, 3.8) is 0 Å². The van der Waals surface area contributed by atoms with Crippen molar-refractivity contribution in [2.75, 3.05) is 26.2 Å². The largest absolute Gasteiger partial charge is 0.472 e. The van der Waals surface area contributed by atoms with Crippen molar-refractivity contribution in [1.82, 2.24) is 24.8 Å². The molecule has 4 heterocycles. The van der Waals surface area contributed by atoms with Gasteiger partial charge in [0, 0.05) is 44.6 Å². The number of hydrogen-bond acceptors (Lipinski definition) is 6. The molecule has 31 heavy (non-hydrogen) atoms. The predicted molar refractivity (Wildman–Crippen MR) is 104 cm³/mol. The number of ether oxygens (including phenoxy) is 1. The van der Waals surface area contributed by atoms with E-state index in [4.69, 9.17) is 4.74 Å². The minimum absolute atomic E-state index is 0.0622. The molecule has 7 nitrogen and oxygen atoms in total. The molecule has 0 aromatic carbocycles. The fourth-order valence-corrected chi connectivity index (χ4v) is 4.29. The summed E-state index contributed by atoms with van der Waals surface area (Å²) in [6.45, 7) is 2.24. The van der Waals surface area contributed by atoms with E-state index in [1.54, 1.807) is 17.3 Å². The number of piperazine rings is 1. The number of fused-ring (bicyclic) bond motifs is 1. The molecule has 2 aromatic rings. The van der Waals surface area contributed by atoms with Gasteiger partial charge in [-0.2, -0.15) is 13.2 Å². The lowest BCUT2D eigenvalue weighted by molar-refractivity contribution is -0.141. The molecule has 0 radical (unpaired) electrons. The van der Waals surface area contributed by atoms with Crippen LogP contribution in [0.2, 0.25) is 0 Å². The number of hydrogen-bond donors (Lipinski definition) is 0. The van der Waals surface area contributed by atoms with Crippen LogP contribution in [0.15, 0.2) is 30.6 Å². The molecule has 2 aliphatic heterocycles. The Morgan fingerprint density at radius 2 is 1.94 bits per heavy atom. The molecule has 0 N–H and O–H groups in total. The van der Waals surface area contributed by atoms with Gasteiger partial charge in [0.15, 0.2) is 0 Å². The van der Waals surface area contributed by atoms with Gasteiger partial charge >= 0.3 is 6.18 Å². The number of rotatable bonds is 4. The lowest BCUT2D eigenvalue weighted by Crippen LogP contribution is -2.52. The second-order valence-electron chi connectivity index (χ2n) is 8.34. The van der Waals surface area contributed by atoms with Gasteiger partial charge < -0.3 is 9.64 Å². The predicted octanol–water partition coefficient (Wildman–Crippen LogP) is 2.75. The highest BCUT2D eigenvalue weighted by Gasteiger charge is 2.39. The topological polar surface area (TPSA) is 71.5 Å². The van der Waals surface area contributed by atoms with E-state index >= 15 is 0 Å². The minimum Gasteiger partial charge on any atom is -0.472 e. The molecule has 3 fully saturated rings. The Bertz CT molecular complexity index is 964. The molecular formula is C21H22F3N5O2. The van der Waals surface area contributed by atoms with E-state index in [1.807, 2.05) is 0 Å². The zero-order chi connectivity index (χ0) is 21.6. The molecule has 3 aliphatic rings. The maximum Gasteiger partial charge on any atom is 0.433 e. The molecule has 2 atom stereocenters. The zero-order valence-electron chi connectivity index (χ0n) is 16.8. The maximum atomic E-state index is 12.9. The van der Waals surface area contributed by atoms with Crippen molar-refractivity contribution in [1.29, 1.82) is 0 Å². The van der Waals surface area contributed by atoms with Crippen molar-refractivity contribution < 1.29 is 22.7 Å². The van der Waals surface area contributed by atoms with E-state index in [-0.39, 0.29) is 17.8 Å². The van der Waals surface area contributed by atoms with E-state index in [0.717, 1.165) is 18.3 Å². The van der Waals surface area contributed by atoms with E-state index < -0.39 is 17.8 Å². The van der Waals surface area contributed by atoms with E-state index in [2.05, 4.69) is 19.9 Å². The van der Waals surface area contributed by atoms with Crippen molar-refractivity contribution >= 4 is 5.91 Å². The number of pyridine rings is 1. The molecule has 0 unspecified atom stereocenters. The van der Waals surface area contributed by atoms with E-state index in [1.165, 1.54) is 25.0 Å². The van der Waals surface area contributed by atoms with Gasteiger partial charge in [-0.15, -0.1) is 0 Å². The molecule has 1 aliphatic carbocycles. The molecule has 2 aromatic heterocycles. The molecule has 0 spiro atoms. The first kappa shape index (κ1) is 20.2. The Labute approximate surface area is 177 Å². The fourth-order valence-electron chi connectivity index (χ4n) is 4.29. The van der Waals surface area contributed by atoms with Gasteiger partial charge in [0.2, 0.25) is 5.88 Å². The first-order valence-electron chi connectivity index (χ1n) is 10.4. The Hall–Kier alpha value is -2.75. The monoisotopic (exact) mass is 433 g/mol. The molecule has 5 rings (SSSR count). The van der Waals surface area contributed by atoms with Gasteiger partial charge in [0.25, 0.3) is 5.91 Å². The minimum atomic E-state index is -4.58. The molecule has 1 saturated carbocycles. The molecular weight excluding hydrogens is 411 g/mol. The highest BCUT2D eigenvalue weighted by atomic mass is 19.4. The molecule has 0 bridgehead atoms. The second kappa shape index (κ2) is 7.74. The summed E-state index contributed by atoms with van der Waals surface area (Å²) in [7, 11) is 0. The number of nitrogens with zero attached hydrogens (tertiary/aromatic N) is 5. The Morgan fingerprint density at radius 1 is 1.10 bits per heavy atom. The number of carbonyl (C=O) groups excluding carboxylic acids is 1. The number of amides is 1. The number of alkyl halides is 3. The first-order valence-corrected chi connectivity index (χ1v) is 10.4. The highest BCUT2D eigenvalue weighted by Crippen LogP contribution is 2.38. The zero-order valence-corrected chi connectivity index (χ0v) is 16.8. The summed E-state index contributed by atoms with van der Waals surface area (Å²) in [5.41, 5.74) is -0.228. The smallest absolute Gasteiger partial charge is 0.433 e. The lowest BCUT2D eigenvalue weighted by atomic mass is 10.1. The summed E-state index contributed by atoms with van der Waals surface area (Å²) >= 11 is 0. The van der Waals surface area contributed by atoms with Crippen LogP contribution in [0.4, 0.5) is 13.2 Å². The van der Waals surface area contributed by atoms with Crippen LogP contribution in [0.3, 0.4) is 0 Å². The van der Waals surface area contributed by atoms with Gasteiger partial charge in [-0.05, 0) is 25.0 Å². The number of halogens is 3. The Kier molecular flexibility index (Phi) is 5.04. The van der Waals surface area contributed by atoms with Crippen LogP contribution in [0.5, 0.6) is 5.88 Å². The molecule has 164 valence electrons. The van der Waals surface area contributed by atoms with Crippen LogP contribution in [-0.4, -0.2) is 69.0 Å². The van der Waals surface area contributed by atoms with Crippen molar-refractivity contribution in [2.24, 2.45) is 0 Å². The Morgan fingerprint density at radius 3 is 2.65 bits per heavy atom. The van der Waals surface area contributed by atoms with E-state index in [0.29, 0.717) is 37.9 Å². The van der Waals surface area contributed by atoms with E-state index in [9.17, 15) is 18.0 Å². The average Bonchev–Trinajstić information content (AvgIpc) is 3.53. The van der Waals surface area contributed by atoms with Gasteiger partial charge in [-0.1, -0.05) is 6.07 Å². The number of aromatic nitrogens is 3. The van der Waals surface area contributed by atoms with Crippen LogP contribution in [0, 0.1) is 0 Å². The van der Waals surface area contributed by atoms with Crippen LogP contribution < -0.4 is 4.74 Å². The molecule has 10 heteroatoms. The lowest BCUT2D eigenvalue weighted by Gasteiger charge is -2.37. The number of carbonyl (C=O) groups is 1. The normalized spacial score (nSPS) is 24.2. The SMILES string of the molecule is O=C(c1cccc(C(F)(F)F)n1)N1CCN2C[C@H](Oc3cnc(C4CC4)cn3)C[C@H]2C1. The van der Waals surface area contributed by atoms with Crippen LogP contribution in [-0.2, 0) is 6.18 Å². The van der Waals surface area contributed by atoms with Crippen molar-refractivity contribution in [2.45, 2.75) is 43.5 Å². The fraction of sp³-hybridized carbons (Fsp3) is 0.524. The summed E-state index contributed by atoms with van der Waals surface area (Å²) < 4.78 is 44.8. The van der Waals surface area contributed by atoms with Gasteiger partial charge in [0.05, 0.1) is 18.1 Å². The third-order valence-corrected chi connectivity index (χ3v) is 6.05. The summed E-state index contributed by atoms with van der Waals surface area (Å²) in [6.07, 6.45) is 1.85. The van der Waals surface area contributed by atoms with Gasteiger partial charge in [-0.25, -0.2) is 9.97 Å². The second-order valence-corrected chi connectivity index (χ2v) is 8.34. The first-order chi connectivity index (χ1) is 14.9. The summed E-state index contributed by atoms with van der Waals surface area (Å²) in [4.78, 5) is 28.9. The van der Waals surface area contributed by atoms with Crippen LogP contribution in [0.1, 0.15) is 47.1 Å². The molecule has 1 amide bonds. The summed E-state index contributed by atoms with van der Waals surface area (Å²) in [5.74, 6) is 0.559. The van der Waals surface area contributed by atoms with Crippen molar-refractivity contribution in [3.8, 4) is 5.88 Å².